The fourth-order valence-electron chi connectivity index (χ4n) is 4.16. The third-order valence-corrected chi connectivity index (χ3v) is 4.92. The minimum Gasteiger partial charge on any atom is -0.303 e. The number of carbonyl (C=O) groups is 1. The van der Waals surface area contributed by atoms with Crippen molar-refractivity contribution in [1.29, 1.82) is 0 Å². The Kier molecular flexibility index (Phi) is 1.06. The van der Waals surface area contributed by atoms with Gasteiger partial charge in [-0.3, -0.25) is 0 Å². The molecule has 0 aliphatic heterocycles. The topological polar surface area (TPSA) is 17.1 Å². The molecule has 0 heterocycles. The van der Waals surface area contributed by atoms with E-state index in [9.17, 15) is 4.79 Å². The van der Waals surface area contributed by atoms with Gasteiger partial charge in [0.1, 0.15) is 6.29 Å². The largest absolute Gasteiger partial charge is 0.303 e. The van der Waals surface area contributed by atoms with E-state index in [2.05, 4.69) is 6.92 Å². The maximum absolute atomic E-state index is 11.1. The lowest BCUT2D eigenvalue weighted by atomic mass is 9.70. The molecule has 0 aromatic rings. The second kappa shape index (κ2) is 1.78. The van der Waals surface area contributed by atoms with Crippen LogP contribution in [0.25, 0.3) is 0 Å². The Hall–Kier alpha value is -0.330. The summed E-state index contributed by atoms with van der Waals surface area (Å²) in [6.07, 6.45) is 8.01. The van der Waals surface area contributed by atoms with Crippen LogP contribution in [-0.2, 0) is 4.79 Å². The van der Waals surface area contributed by atoms with Crippen LogP contribution in [0, 0.1) is 22.7 Å². The summed E-state index contributed by atoms with van der Waals surface area (Å²) in [5.74, 6) is 1.33. The Morgan fingerprint density at radius 3 is 2.58 bits per heavy atom. The predicted molar refractivity (Wildman–Crippen MR) is 46.7 cm³/mol. The first-order chi connectivity index (χ1) is 5.71. The van der Waals surface area contributed by atoms with Gasteiger partial charge in [0.15, 0.2) is 0 Å². The molecule has 3 aliphatic rings. The lowest BCUT2D eigenvalue weighted by Crippen LogP contribution is -2.31. The first-order valence-corrected chi connectivity index (χ1v) is 5.17. The first kappa shape index (κ1) is 7.11. The van der Waals surface area contributed by atoms with Crippen molar-refractivity contribution in [3.8, 4) is 0 Å². The van der Waals surface area contributed by atoms with Crippen molar-refractivity contribution in [2.24, 2.45) is 22.7 Å². The summed E-state index contributed by atoms with van der Waals surface area (Å²) in [7, 11) is 0. The van der Waals surface area contributed by atoms with Crippen molar-refractivity contribution in [3.05, 3.63) is 0 Å². The Morgan fingerprint density at radius 2 is 2.08 bits per heavy atom. The van der Waals surface area contributed by atoms with Gasteiger partial charge in [-0.15, -0.1) is 0 Å². The lowest BCUT2D eigenvalue weighted by molar-refractivity contribution is -0.116. The van der Waals surface area contributed by atoms with Crippen LogP contribution in [0.5, 0.6) is 0 Å². The molecule has 2 bridgehead atoms. The van der Waals surface area contributed by atoms with E-state index in [1.807, 2.05) is 0 Å². The SMILES string of the molecule is C[C@]12CC[C@H](C1)C1(CC1)C2C=O. The molecule has 3 aliphatic carbocycles. The van der Waals surface area contributed by atoms with E-state index in [1.54, 1.807) is 0 Å². The Balaban J connectivity index is 2.04. The van der Waals surface area contributed by atoms with Crippen LogP contribution in [-0.4, -0.2) is 6.29 Å². The smallest absolute Gasteiger partial charge is 0.124 e. The van der Waals surface area contributed by atoms with Gasteiger partial charge in [-0.2, -0.15) is 0 Å². The van der Waals surface area contributed by atoms with Crippen LogP contribution in [0.1, 0.15) is 39.0 Å². The third kappa shape index (κ3) is 0.571. The molecular formula is C11H16O. The standard InChI is InChI=1S/C11H16O/c1-10-3-2-8(6-10)11(4-5-11)9(10)7-12/h7-9H,2-6H2,1H3/t8-,9?,10+/m1/s1. The van der Waals surface area contributed by atoms with Gasteiger partial charge < -0.3 is 4.79 Å². The highest BCUT2D eigenvalue weighted by molar-refractivity contribution is 5.60. The Morgan fingerprint density at radius 1 is 1.33 bits per heavy atom. The van der Waals surface area contributed by atoms with Crippen LogP contribution in [0.2, 0.25) is 0 Å². The summed E-state index contributed by atoms with van der Waals surface area (Å²) in [5, 5.41) is 0. The van der Waals surface area contributed by atoms with Crippen LogP contribution in [0.3, 0.4) is 0 Å². The third-order valence-electron chi connectivity index (χ3n) is 4.92. The molecule has 1 unspecified atom stereocenters. The molecule has 1 heteroatoms. The number of hydrogen-bond donors (Lipinski definition) is 0. The fourth-order valence-corrected chi connectivity index (χ4v) is 4.16. The summed E-state index contributed by atoms with van der Waals surface area (Å²) in [6.45, 7) is 2.33. The van der Waals surface area contributed by atoms with Gasteiger partial charge in [-0.25, -0.2) is 0 Å². The molecule has 3 fully saturated rings. The van der Waals surface area contributed by atoms with E-state index in [1.165, 1.54) is 38.4 Å². The normalized spacial score (nSPS) is 53.1. The van der Waals surface area contributed by atoms with E-state index >= 15 is 0 Å². The molecule has 0 aromatic carbocycles. The fraction of sp³-hybridized carbons (Fsp3) is 0.909. The minimum absolute atomic E-state index is 0.406. The van der Waals surface area contributed by atoms with Crippen LogP contribution in [0.4, 0.5) is 0 Å². The number of rotatable bonds is 1. The first-order valence-electron chi connectivity index (χ1n) is 5.17. The van der Waals surface area contributed by atoms with E-state index in [4.69, 9.17) is 0 Å². The van der Waals surface area contributed by atoms with E-state index < -0.39 is 0 Å². The molecule has 3 saturated carbocycles. The van der Waals surface area contributed by atoms with Gasteiger partial charge in [-0.05, 0) is 48.9 Å². The summed E-state index contributed by atoms with van der Waals surface area (Å²) in [5.41, 5.74) is 0.928. The van der Waals surface area contributed by atoms with Gasteiger partial charge in [0.25, 0.3) is 0 Å². The van der Waals surface area contributed by atoms with Crippen LogP contribution in [0.15, 0.2) is 0 Å². The summed E-state index contributed by atoms with van der Waals surface area (Å²) >= 11 is 0. The van der Waals surface area contributed by atoms with Crippen LogP contribution >= 0.6 is 0 Å². The quantitative estimate of drug-likeness (QED) is 0.544. The molecule has 1 spiro atoms. The second-order valence-corrected chi connectivity index (χ2v) is 5.44. The van der Waals surface area contributed by atoms with Crippen molar-refractivity contribution in [1.82, 2.24) is 0 Å². The van der Waals surface area contributed by atoms with Crippen molar-refractivity contribution in [2.75, 3.05) is 0 Å². The van der Waals surface area contributed by atoms with Crippen molar-refractivity contribution < 1.29 is 4.79 Å². The van der Waals surface area contributed by atoms with Crippen molar-refractivity contribution in [2.45, 2.75) is 39.0 Å². The molecule has 3 atom stereocenters. The molecule has 0 aromatic heterocycles. The van der Waals surface area contributed by atoms with Gasteiger partial charge in [0.05, 0.1) is 0 Å². The average Bonchev–Trinajstić information content (AvgIpc) is 2.64. The number of aldehydes is 1. The Labute approximate surface area is 73.5 Å². The molecule has 12 heavy (non-hydrogen) atoms. The summed E-state index contributed by atoms with van der Waals surface area (Å²) < 4.78 is 0. The monoisotopic (exact) mass is 164 g/mol. The van der Waals surface area contributed by atoms with Crippen molar-refractivity contribution in [3.63, 3.8) is 0 Å². The predicted octanol–water partition coefficient (Wildman–Crippen LogP) is 2.40. The second-order valence-electron chi connectivity index (χ2n) is 5.44. The molecule has 0 radical (unpaired) electrons. The number of hydrogen-bond acceptors (Lipinski definition) is 1. The van der Waals surface area contributed by atoms with Gasteiger partial charge in [0, 0.05) is 5.92 Å². The number of fused-ring (bicyclic) bond motifs is 3. The zero-order chi connectivity index (χ0) is 8.40. The van der Waals surface area contributed by atoms with Crippen molar-refractivity contribution >= 4 is 6.29 Å². The molecule has 3 rings (SSSR count). The molecule has 0 saturated heterocycles. The highest BCUT2D eigenvalue weighted by Crippen LogP contribution is 2.75. The Bertz CT molecular complexity index is 239. The average molecular weight is 164 g/mol. The molecule has 0 N–H and O–H groups in total. The highest BCUT2D eigenvalue weighted by Gasteiger charge is 2.68. The lowest BCUT2D eigenvalue weighted by Gasteiger charge is -2.33. The molecular weight excluding hydrogens is 148 g/mol. The minimum atomic E-state index is 0.406. The molecule has 1 nitrogen and oxygen atoms in total. The van der Waals surface area contributed by atoms with Gasteiger partial charge in [-0.1, -0.05) is 6.92 Å². The highest BCUT2D eigenvalue weighted by atomic mass is 16.1. The number of carbonyl (C=O) groups excluding carboxylic acids is 1. The van der Waals surface area contributed by atoms with E-state index in [0.29, 0.717) is 16.7 Å². The van der Waals surface area contributed by atoms with E-state index in [-0.39, 0.29) is 0 Å². The van der Waals surface area contributed by atoms with E-state index in [0.717, 1.165) is 5.92 Å². The zero-order valence-corrected chi connectivity index (χ0v) is 7.68. The van der Waals surface area contributed by atoms with Gasteiger partial charge >= 0.3 is 0 Å². The van der Waals surface area contributed by atoms with Crippen LogP contribution < -0.4 is 0 Å². The summed E-state index contributed by atoms with van der Waals surface area (Å²) in [4.78, 5) is 11.1. The van der Waals surface area contributed by atoms with Gasteiger partial charge in [0.2, 0.25) is 0 Å². The summed E-state index contributed by atoms with van der Waals surface area (Å²) in [6, 6.07) is 0. The molecule has 0 amide bonds. The molecule has 66 valence electrons. The zero-order valence-electron chi connectivity index (χ0n) is 7.68. The maximum atomic E-state index is 11.1. The maximum Gasteiger partial charge on any atom is 0.124 e.